The van der Waals surface area contributed by atoms with Crippen LogP contribution in [0.3, 0.4) is 0 Å². The van der Waals surface area contributed by atoms with Gasteiger partial charge in [0.2, 0.25) is 0 Å². The first kappa shape index (κ1) is 28.2. The summed E-state index contributed by atoms with van der Waals surface area (Å²) in [6.45, 7) is 2.44. The van der Waals surface area contributed by atoms with Gasteiger partial charge < -0.3 is 19.5 Å². The smallest absolute Gasteiger partial charge is 0.271 e. The topological polar surface area (TPSA) is 98.3 Å². The molecule has 0 saturated carbocycles. The molecule has 204 valence electrons. The van der Waals surface area contributed by atoms with E-state index in [0.717, 1.165) is 5.56 Å². The van der Waals surface area contributed by atoms with Gasteiger partial charge >= 0.3 is 0 Å². The molecule has 4 aromatic carbocycles. The number of amides is 2. The Morgan fingerprint density at radius 1 is 0.825 bits per heavy atom. The number of nitrogens with one attached hydrogen (secondary N) is 2. The lowest BCUT2D eigenvalue weighted by Gasteiger charge is -2.13. The molecule has 2 amide bonds. The number of ether oxygens (including phenoxy) is 3. The van der Waals surface area contributed by atoms with Crippen molar-refractivity contribution in [2.75, 3.05) is 18.5 Å². The van der Waals surface area contributed by atoms with Crippen molar-refractivity contribution in [2.24, 2.45) is 5.10 Å². The van der Waals surface area contributed by atoms with Gasteiger partial charge in [0, 0.05) is 21.8 Å². The fourth-order valence-corrected chi connectivity index (χ4v) is 3.72. The van der Waals surface area contributed by atoms with Crippen LogP contribution < -0.4 is 25.0 Å². The van der Waals surface area contributed by atoms with E-state index in [-0.39, 0.29) is 12.5 Å². The number of carbonyl (C=O) groups excluding carboxylic acids is 2. The maximum absolute atomic E-state index is 12.8. The summed E-state index contributed by atoms with van der Waals surface area (Å²) in [5.41, 5.74) is 5.09. The first-order chi connectivity index (χ1) is 19.5. The summed E-state index contributed by atoms with van der Waals surface area (Å²) in [5, 5.41) is 7.38. The van der Waals surface area contributed by atoms with Crippen LogP contribution in [0.25, 0.3) is 0 Å². The highest BCUT2D eigenvalue weighted by molar-refractivity contribution is 6.30. The molecule has 4 aromatic rings. The zero-order valence-corrected chi connectivity index (χ0v) is 22.6. The Bertz CT molecular complexity index is 1460. The molecule has 0 aliphatic rings. The number of benzene rings is 4. The molecule has 0 radical (unpaired) electrons. The molecule has 8 nitrogen and oxygen atoms in total. The van der Waals surface area contributed by atoms with Gasteiger partial charge in [-0.15, -0.1) is 0 Å². The molecule has 4 rings (SSSR count). The predicted octanol–water partition coefficient (Wildman–Crippen LogP) is 6.10. The summed E-state index contributed by atoms with van der Waals surface area (Å²) in [7, 11) is 0. The maximum atomic E-state index is 12.8. The standard InChI is InChI=1S/C31H28ClN3O5/c1-2-38-29-18-23(12-17-28(29)39-20-22-8-4-3-5-9-22)31(37)35-33-19-24-10-6-7-11-27(24)40-21-30(36)34-26-15-13-25(32)14-16-26/h3-19H,2,20-21H2,1H3,(H,34,36)(H,35,37)/b33-19+. The molecule has 0 heterocycles. The Kier molecular flexibility index (Phi) is 10.1. The zero-order valence-electron chi connectivity index (χ0n) is 21.8. The van der Waals surface area contributed by atoms with Crippen LogP contribution in [0.2, 0.25) is 5.02 Å². The summed E-state index contributed by atoms with van der Waals surface area (Å²) in [6, 6.07) is 28.5. The van der Waals surface area contributed by atoms with E-state index in [1.54, 1.807) is 66.7 Å². The van der Waals surface area contributed by atoms with E-state index in [1.165, 1.54) is 6.21 Å². The Morgan fingerprint density at radius 2 is 1.57 bits per heavy atom. The molecule has 40 heavy (non-hydrogen) atoms. The van der Waals surface area contributed by atoms with Crippen LogP contribution in [0.4, 0.5) is 5.69 Å². The van der Waals surface area contributed by atoms with Gasteiger partial charge in [-0.3, -0.25) is 9.59 Å². The average molecular weight is 558 g/mol. The van der Waals surface area contributed by atoms with E-state index in [4.69, 9.17) is 25.8 Å². The number of rotatable bonds is 12. The van der Waals surface area contributed by atoms with Gasteiger partial charge in [0.25, 0.3) is 11.8 Å². The average Bonchev–Trinajstić information content (AvgIpc) is 2.98. The molecule has 0 aromatic heterocycles. The van der Waals surface area contributed by atoms with E-state index in [9.17, 15) is 9.59 Å². The van der Waals surface area contributed by atoms with Gasteiger partial charge in [-0.25, -0.2) is 5.43 Å². The quantitative estimate of drug-likeness (QED) is 0.162. The minimum absolute atomic E-state index is 0.210. The van der Waals surface area contributed by atoms with Gasteiger partial charge in [0.1, 0.15) is 12.4 Å². The third-order valence-corrected chi connectivity index (χ3v) is 5.77. The number of para-hydroxylation sites is 1. The fourth-order valence-electron chi connectivity index (χ4n) is 3.59. The van der Waals surface area contributed by atoms with Crippen LogP contribution >= 0.6 is 11.6 Å². The largest absolute Gasteiger partial charge is 0.490 e. The van der Waals surface area contributed by atoms with Crippen LogP contribution in [-0.4, -0.2) is 31.2 Å². The first-order valence-electron chi connectivity index (χ1n) is 12.6. The second-order valence-corrected chi connectivity index (χ2v) is 8.89. The minimum atomic E-state index is -0.424. The van der Waals surface area contributed by atoms with E-state index in [0.29, 0.717) is 52.3 Å². The number of hydrazone groups is 1. The molecule has 0 spiro atoms. The Hall–Kier alpha value is -4.82. The lowest BCUT2D eigenvalue weighted by atomic mass is 10.2. The Balaban J connectivity index is 1.34. The van der Waals surface area contributed by atoms with Crippen molar-refractivity contribution >= 4 is 35.3 Å². The Morgan fingerprint density at radius 3 is 2.35 bits per heavy atom. The summed E-state index contributed by atoms with van der Waals surface area (Å²) in [6.07, 6.45) is 1.45. The monoisotopic (exact) mass is 557 g/mol. The lowest BCUT2D eigenvalue weighted by Crippen LogP contribution is -2.20. The second-order valence-electron chi connectivity index (χ2n) is 8.45. The number of halogens is 1. The van der Waals surface area contributed by atoms with Crippen molar-refractivity contribution in [3.8, 4) is 17.2 Å². The molecule has 0 bridgehead atoms. The number of carbonyl (C=O) groups is 2. The third-order valence-electron chi connectivity index (χ3n) is 5.52. The van der Waals surface area contributed by atoms with Crippen LogP contribution in [0.1, 0.15) is 28.4 Å². The minimum Gasteiger partial charge on any atom is -0.490 e. The molecule has 0 atom stereocenters. The van der Waals surface area contributed by atoms with E-state index >= 15 is 0 Å². The normalized spacial score (nSPS) is 10.7. The summed E-state index contributed by atoms with van der Waals surface area (Å²) >= 11 is 5.87. The molecule has 0 unspecified atom stereocenters. The molecular formula is C31H28ClN3O5. The van der Waals surface area contributed by atoms with Gasteiger partial charge in [-0.2, -0.15) is 5.10 Å². The number of hydrogen-bond acceptors (Lipinski definition) is 6. The predicted molar refractivity (Wildman–Crippen MR) is 155 cm³/mol. The zero-order chi connectivity index (χ0) is 28.2. The van der Waals surface area contributed by atoms with Gasteiger partial charge in [-0.05, 0) is 67.1 Å². The van der Waals surface area contributed by atoms with Crippen LogP contribution in [0.15, 0.2) is 102 Å². The fraction of sp³-hybridized carbons (Fsp3) is 0.129. The summed E-state index contributed by atoms with van der Waals surface area (Å²) < 4.78 is 17.3. The molecule has 0 fully saturated rings. The molecular weight excluding hydrogens is 530 g/mol. The van der Waals surface area contributed by atoms with Crippen LogP contribution in [0, 0.1) is 0 Å². The number of hydrogen-bond donors (Lipinski definition) is 2. The second kappa shape index (κ2) is 14.4. The number of anilines is 1. The van der Waals surface area contributed by atoms with E-state index in [1.807, 2.05) is 37.3 Å². The SMILES string of the molecule is CCOc1cc(C(=O)N/N=C/c2ccccc2OCC(=O)Nc2ccc(Cl)cc2)ccc1OCc1ccccc1. The van der Waals surface area contributed by atoms with E-state index < -0.39 is 5.91 Å². The van der Waals surface area contributed by atoms with Crippen molar-refractivity contribution in [1.82, 2.24) is 5.43 Å². The highest BCUT2D eigenvalue weighted by Crippen LogP contribution is 2.29. The van der Waals surface area contributed by atoms with E-state index in [2.05, 4.69) is 15.8 Å². The van der Waals surface area contributed by atoms with Crippen molar-refractivity contribution in [3.63, 3.8) is 0 Å². The number of nitrogens with zero attached hydrogens (tertiary/aromatic N) is 1. The van der Waals surface area contributed by atoms with Crippen LogP contribution in [0.5, 0.6) is 17.2 Å². The molecule has 0 aliphatic carbocycles. The first-order valence-corrected chi connectivity index (χ1v) is 12.9. The summed E-state index contributed by atoms with van der Waals surface area (Å²) in [4.78, 5) is 25.0. The molecule has 0 aliphatic heterocycles. The molecule has 0 saturated heterocycles. The van der Waals surface area contributed by atoms with Crippen molar-refractivity contribution in [3.05, 3.63) is 119 Å². The van der Waals surface area contributed by atoms with Gasteiger partial charge in [-0.1, -0.05) is 54.1 Å². The van der Waals surface area contributed by atoms with Crippen LogP contribution in [-0.2, 0) is 11.4 Å². The van der Waals surface area contributed by atoms with Gasteiger partial charge in [0.15, 0.2) is 18.1 Å². The Labute approximate surface area is 237 Å². The van der Waals surface area contributed by atoms with Crippen molar-refractivity contribution in [1.29, 1.82) is 0 Å². The highest BCUT2D eigenvalue weighted by atomic mass is 35.5. The van der Waals surface area contributed by atoms with Crippen molar-refractivity contribution in [2.45, 2.75) is 13.5 Å². The third kappa shape index (κ3) is 8.34. The van der Waals surface area contributed by atoms with Crippen molar-refractivity contribution < 1.29 is 23.8 Å². The summed E-state index contributed by atoms with van der Waals surface area (Å²) in [5.74, 6) is 0.684. The van der Waals surface area contributed by atoms with Gasteiger partial charge in [0.05, 0.1) is 12.8 Å². The maximum Gasteiger partial charge on any atom is 0.271 e. The molecule has 2 N–H and O–H groups in total. The molecule has 9 heteroatoms. The lowest BCUT2D eigenvalue weighted by molar-refractivity contribution is -0.118. The highest BCUT2D eigenvalue weighted by Gasteiger charge is 2.12.